The van der Waals surface area contributed by atoms with E-state index in [4.69, 9.17) is 9.52 Å². The molecule has 7 nitrogen and oxygen atoms in total. The van der Waals surface area contributed by atoms with Gasteiger partial charge in [-0.25, -0.2) is 0 Å². The van der Waals surface area contributed by atoms with Gasteiger partial charge in [0.05, 0.1) is 19.2 Å². The number of aliphatic carboxylic acids is 1. The molecule has 1 aliphatic carbocycles. The standard InChI is InChI=1S/C13H16N2O5/c16-11(7-14-13(19)10-2-1-5-20-10)15-9(6-12(17)18)8-3-4-8/h1-2,5,8-9H,3-4,6-7H2,(H,14,19)(H,15,16)(H,17,18). The largest absolute Gasteiger partial charge is 0.481 e. The Balaban J connectivity index is 1.76. The first-order chi connectivity index (χ1) is 9.56. The lowest BCUT2D eigenvalue weighted by atomic mass is 10.1. The zero-order valence-corrected chi connectivity index (χ0v) is 10.8. The van der Waals surface area contributed by atoms with Gasteiger partial charge in [0.15, 0.2) is 5.76 Å². The summed E-state index contributed by atoms with van der Waals surface area (Å²) in [6, 6.07) is 2.70. The molecule has 1 saturated carbocycles. The van der Waals surface area contributed by atoms with Crippen molar-refractivity contribution in [3.05, 3.63) is 24.2 Å². The highest BCUT2D eigenvalue weighted by atomic mass is 16.4. The van der Waals surface area contributed by atoms with Crippen molar-refractivity contribution in [3.63, 3.8) is 0 Å². The van der Waals surface area contributed by atoms with Crippen LogP contribution < -0.4 is 10.6 Å². The van der Waals surface area contributed by atoms with Crippen molar-refractivity contribution < 1.29 is 23.9 Å². The Morgan fingerprint density at radius 2 is 2.15 bits per heavy atom. The van der Waals surface area contributed by atoms with E-state index in [0.29, 0.717) is 0 Å². The molecule has 7 heteroatoms. The van der Waals surface area contributed by atoms with E-state index < -0.39 is 17.8 Å². The van der Waals surface area contributed by atoms with Crippen LogP contribution in [-0.2, 0) is 9.59 Å². The first kappa shape index (κ1) is 14.1. The SMILES string of the molecule is O=C(O)CC(NC(=O)CNC(=O)c1ccco1)C1CC1. The molecule has 1 heterocycles. The van der Waals surface area contributed by atoms with Gasteiger partial charge in [0.1, 0.15) is 0 Å². The Morgan fingerprint density at radius 3 is 2.70 bits per heavy atom. The highest BCUT2D eigenvalue weighted by Gasteiger charge is 2.33. The van der Waals surface area contributed by atoms with Gasteiger partial charge in [-0.3, -0.25) is 14.4 Å². The molecule has 0 aliphatic heterocycles. The van der Waals surface area contributed by atoms with E-state index in [1.807, 2.05) is 0 Å². The second-order valence-corrected chi connectivity index (χ2v) is 4.77. The number of amides is 2. The summed E-state index contributed by atoms with van der Waals surface area (Å²) in [5.41, 5.74) is 0. The summed E-state index contributed by atoms with van der Waals surface area (Å²) in [6.45, 7) is -0.206. The number of nitrogens with one attached hydrogen (secondary N) is 2. The molecule has 0 bridgehead atoms. The van der Waals surface area contributed by atoms with Crippen LogP contribution in [0, 0.1) is 5.92 Å². The molecule has 3 N–H and O–H groups in total. The van der Waals surface area contributed by atoms with Crippen molar-refractivity contribution in [1.29, 1.82) is 0 Å². The van der Waals surface area contributed by atoms with E-state index >= 15 is 0 Å². The van der Waals surface area contributed by atoms with E-state index in [1.54, 1.807) is 6.07 Å². The summed E-state index contributed by atoms with van der Waals surface area (Å²) >= 11 is 0. The predicted molar refractivity (Wildman–Crippen MR) is 67.9 cm³/mol. The molecule has 0 spiro atoms. The van der Waals surface area contributed by atoms with Crippen molar-refractivity contribution in [2.75, 3.05) is 6.54 Å². The molecule has 1 unspecified atom stereocenters. The number of carbonyl (C=O) groups is 3. The third kappa shape index (κ3) is 4.11. The molecule has 1 aliphatic rings. The summed E-state index contributed by atoms with van der Waals surface area (Å²) in [5, 5.41) is 13.8. The zero-order chi connectivity index (χ0) is 14.5. The van der Waals surface area contributed by atoms with Gasteiger partial charge < -0.3 is 20.2 Å². The lowest BCUT2D eigenvalue weighted by Gasteiger charge is -2.16. The monoisotopic (exact) mass is 280 g/mol. The number of furan rings is 1. The van der Waals surface area contributed by atoms with Gasteiger partial charge in [-0.2, -0.15) is 0 Å². The third-order valence-corrected chi connectivity index (χ3v) is 3.09. The first-order valence-corrected chi connectivity index (χ1v) is 6.39. The normalized spacial score (nSPS) is 15.4. The summed E-state index contributed by atoms with van der Waals surface area (Å²) in [7, 11) is 0. The lowest BCUT2D eigenvalue weighted by molar-refractivity contribution is -0.137. The Kier molecular flexibility index (Phi) is 4.39. The molecule has 108 valence electrons. The predicted octanol–water partition coefficient (Wildman–Crippen LogP) is 0.379. The Labute approximate surface area is 115 Å². The molecule has 1 aromatic rings. The van der Waals surface area contributed by atoms with Gasteiger partial charge in [-0.15, -0.1) is 0 Å². The molecular weight excluding hydrogens is 264 g/mol. The van der Waals surface area contributed by atoms with Gasteiger partial charge in [-0.05, 0) is 30.9 Å². The van der Waals surface area contributed by atoms with Gasteiger partial charge in [-0.1, -0.05) is 0 Å². The van der Waals surface area contributed by atoms with E-state index in [9.17, 15) is 14.4 Å². The maximum atomic E-state index is 11.7. The first-order valence-electron chi connectivity index (χ1n) is 6.39. The molecule has 0 radical (unpaired) electrons. The Morgan fingerprint density at radius 1 is 1.40 bits per heavy atom. The van der Waals surface area contributed by atoms with Crippen LogP contribution in [0.1, 0.15) is 29.8 Å². The molecule has 0 saturated heterocycles. The van der Waals surface area contributed by atoms with Crippen molar-refractivity contribution >= 4 is 17.8 Å². The number of hydrogen-bond acceptors (Lipinski definition) is 4. The molecular formula is C13H16N2O5. The van der Waals surface area contributed by atoms with Crippen LogP contribution in [-0.4, -0.2) is 35.5 Å². The lowest BCUT2D eigenvalue weighted by Crippen LogP contribution is -2.43. The number of carbonyl (C=O) groups excluding carboxylic acids is 2. The summed E-state index contributed by atoms with van der Waals surface area (Å²) < 4.78 is 4.89. The molecule has 2 rings (SSSR count). The second-order valence-electron chi connectivity index (χ2n) is 4.77. The van der Waals surface area contributed by atoms with Crippen molar-refractivity contribution in [1.82, 2.24) is 10.6 Å². The van der Waals surface area contributed by atoms with Crippen LogP contribution in [0.25, 0.3) is 0 Å². The Bertz CT molecular complexity index is 493. The molecule has 1 atom stereocenters. The Hall–Kier alpha value is -2.31. The van der Waals surface area contributed by atoms with Gasteiger partial charge >= 0.3 is 5.97 Å². The molecule has 2 amide bonds. The van der Waals surface area contributed by atoms with Gasteiger partial charge in [0.25, 0.3) is 5.91 Å². The average molecular weight is 280 g/mol. The van der Waals surface area contributed by atoms with Gasteiger partial charge in [0, 0.05) is 6.04 Å². The molecule has 0 aromatic carbocycles. The van der Waals surface area contributed by atoms with E-state index in [1.165, 1.54) is 12.3 Å². The van der Waals surface area contributed by atoms with Gasteiger partial charge in [0.2, 0.25) is 5.91 Å². The van der Waals surface area contributed by atoms with Crippen molar-refractivity contribution in [3.8, 4) is 0 Å². The van der Waals surface area contributed by atoms with E-state index in [-0.39, 0.29) is 30.7 Å². The molecule has 1 fully saturated rings. The third-order valence-electron chi connectivity index (χ3n) is 3.09. The molecule has 1 aromatic heterocycles. The number of carboxylic acid groups (broad SMARTS) is 1. The number of carboxylic acids is 1. The molecule has 20 heavy (non-hydrogen) atoms. The fourth-order valence-electron chi connectivity index (χ4n) is 1.94. The maximum absolute atomic E-state index is 11.7. The summed E-state index contributed by atoms with van der Waals surface area (Å²) in [4.78, 5) is 33.9. The maximum Gasteiger partial charge on any atom is 0.305 e. The van der Waals surface area contributed by atoms with Crippen LogP contribution >= 0.6 is 0 Å². The summed E-state index contributed by atoms with van der Waals surface area (Å²) in [6.07, 6.45) is 3.13. The fraction of sp³-hybridized carbons (Fsp3) is 0.462. The highest BCUT2D eigenvalue weighted by Crippen LogP contribution is 2.33. The van der Waals surface area contributed by atoms with Crippen LogP contribution in [0.2, 0.25) is 0 Å². The average Bonchev–Trinajstić information content (AvgIpc) is 3.09. The van der Waals surface area contributed by atoms with Crippen LogP contribution in [0.5, 0.6) is 0 Å². The van der Waals surface area contributed by atoms with Crippen molar-refractivity contribution in [2.45, 2.75) is 25.3 Å². The highest BCUT2D eigenvalue weighted by molar-refractivity contribution is 5.94. The van der Waals surface area contributed by atoms with Crippen LogP contribution in [0.3, 0.4) is 0 Å². The van der Waals surface area contributed by atoms with E-state index in [0.717, 1.165) is 12.8 Å². The van der Waals surface area contributed by atoms with Crippen molar-refractivity contribution in [2.24, 2.45) is 5.92 Å². The fourth-order valence-corrected chi connectivity index (χ4v) is 1.94. The quantitative estimate of drug-likeness (QED) is 0.669. The van der Waals surface area contributed by atoms with Crippen LogP contribution in [0.15, 0.2) is 22.8 Å². The second kappa shape index (κ2) is 6.23. The minimum Gasteiger partial charge on any atom is -0.481 e. The number of hydrogen-bond donors (Lipinski definition) is 3. The van der Waals surface area contributed by atoms with E-state index in [2.05, 4.69) is 10.6 Å². The smallest absolute Gasteiger partial charge is 0.305 e. The number of rotatable bonds is 7. The summed E-state index contributed by atoms with van der Waals surface area (Å²) in [5.74, 6) is -1.46. The van der Waals surface area contributed by atoms with Crippen LogP contribution in [0.4, 0.5) is 0 Å². The zero-order valence-electron chi connectivity index (χ0n) is 10.8. The minimum atomic E-state index is -0.943. The topological polar surface area (TPSA) is 109 Å². The minimum absolute atomic E-state index is 0.0947.